The summed E-state index contributed by atoms with van der Waals surface area (Å²) in [6, 6.07) is 19.7. The maximum absolute atomic E-state index is 15.4. The predicted molar refractivity (Wildman–Crippen MR) is 223 cm³/mol. The molecule has 386 valence electrons. The first-order chi connectivity index (χ1) is 34.5. The summed E-state index contributed by atoms with van der Waals surface area (Å²) in [7, 11) is 0. The zero-order valence-electron chi connectivity index (χ0n) is 36.9. The molecule has 7 rings (SSSR count). The molecule has 0 atom stereocenters. The van der Waals surface area contributed by atoms with Gasteiger partial charge in [0.15, 0.2) is 76.0 Å². The van der Waals surface area contributed by atoms with Gasteiger partial charge in [-0.1, -0.05) is 87.6 Å². The van der Waals surface area contributed by atoms with Crippen LogP contribution < -0.4 is 31.2 Å². The van der Waals surface area contributed by atoms with Crippen molar-refractivity contribution < 1.29 is 102 Å². The van der Waals surface area contributed by atoms with Crippen molar-refractivity contribution in [1.29, 1.82) is 0 Å². The molecule has 0 aliphatic rings. The number of Topliss-reactive ketones (excluding diaryl/α,β-unsaturated/α-hetero) is 1. The Kier molecular flexibility index (Phi) is 16.9. The van der Waals surface area contributed by atoms with Gasteiger partial charge in [-0.25, -0.2) is 87.8 Å². The third-order valence-electron chi connectivity index (χ3n) is 11.7. The number of fused-ring (bicyclic) bond motifs is 1. The molecule has 7 aromatic rings. The Morgan fingerprint density at radius 3 is 1.12 bits per heavy atom. The Balaban J connectivity index is 0.000000265. The lowest BCUT2D eigenvalue weighted by molar-refractivity contribution is -0.687. The summed E-state index contributed by atoms with van der Waals surface area (Å²) in [5.41, 5.74) is -13.6. The summed E-state index contributed by atoms with van der Waals surface area (Å²) in [4.78, 5) is 12.7. The SMILES string of the molecule is CCCCCCCCOc1c2ccccc2cc[n+]1CC(=O)c1ccccc1.Fc1c(F)c(F)c([B-](c2c(F)c(F)c(F)c(F)c2F)(c2c(F)c(F)c(F)c(F)c2F)c2c(F)c(F)c(F)c(F)c2F)c(F)c1F. The van der Waals surface area contributed by atoms with Crippen LogP contribution in [0.4, 0.5) is 87.8 Å². The van der Waals surface area contributed by atoms with E-state index in [2.05, 4.69) is 19.1 Å². The van der Waals surface area contributed by atoms with Crippen LogP contribution in [0.15, 0.2) is 66.9 Å². The Morgan fingerprint density at radius 2 is 0.740 bits per heavy atom. The van der Waals surface area contributed by atoms with Crippen molar-refractivity contribution in [2.75, 3.05) is 6.61 Å². The molecule has 1 heterocycles. The van der Waals surface area contributed by atoms with Crippen LogP contribution in [-0.4, -0.2) is 18.5 Å². The summed E-state index contributed by atoms with van der Waals surface area (Å²) in [6.07, 6.45) is 2.11. The van der Waals surface area contributed by atoms with Gasteiger partial charge >= 0.3 is 5.88 Å². The molecule has 0 saturated carbocycles. The topological polar surface area (TPSA) is 30.2 Å². The van der Waals surface area contributed by atoms with Gasteiger partial charge in [-0.15, -0.1) is 21.9 Å². The van der Waals surface area contributed by atoms with Gasteiger partial charge in [-0.05, 0) is 17.9 Å². The second kappa shape index (κ2) is 22.3. The van der Waals surface area contributed by atoms with Crippen LogP contribution in [-0.2, 0) is 6.54 Å². The molecular formula is C49H30BF20NO2. The molecule has 0 N–H and O–H groups in total. The van der Waals surface area contributed by atoms with Gasteiger partial charge in [0.1, 0.15) is 52.7 Å². The summed E-state index contributed by atoms with van der Waals surface area (Å²) in [5, 5.41) is 2.18. The molecule has 1 aromatic heterocycles. The van der Waals surface area contributed by atoms with Gasteiger partial charge in [0.2, 0.25) is 12.3 Å². The normalized spacial score (nSPS) is 11.6. The Bertz CT molecular complexity index is 2880. The quantitative estimate of drug-likeness (QED) is 0.0195. The van der Waals surface area contributed by atoms with E-state index in [-0.39, 0.29) is 12.3 Å². The van der Waals surface area contributed by atoms with E-state index in [4.69, 9.17) is 4.74 Å². The van der Waals surface area contributed by atoms with Crippen LogP contribution in [0.25, 0.3) is 10.8 Å². The van der Waals surface area contributed by atoms with Crippen molar-refractivity contribution in [2.24, 2.45) is 0 Å². The molecule has 24 heteroatoms. The van der Waals surface area contributed by atoms with Crippen LogP contribution in [0.1, 0.15) is 55.8 Å². The third kappa shape index (κ3) is 9.78. The van der Waals surface area contributed by atoms with Gasteiger partial charge in [-0.2, -0.15) is 4.57 Å². The van der Waals surface area contributed by atoms with Crippen molar-refractivity contribution in [3.05, 3.63) is 189 Å². The number of ketones is 1. The lowest BCUT2D eigenvalue weighted by Gasteiger charge is -2.44. The number of ether oxygens (including phenoxy) is 1. The Morgan fingerprint density at radius 1 is 0.411 bits per heavy atom. The number of unbranched alkanes of at least 4 members (excludes halogenated alkanes) is 5. The van der Waals surface area contributed by atoms with E-state index in [1.54, 1.807) is 0 Å². The van der Waals surface area contributed by atoms with Crippen LogP contribution in [0.5, 0.6) is 5.88 Å². The Labute approximate surface area is 399 Å². The molecule has 73 heavy (non-hydrogen) atoms. The second-order valence-corrected chi connectivity index (χ2v) is 16.0. The predicted octanol–water partition coefficient (Wildman–Crippen LogP) is 11.6. The highest BCUT2D eigenvalue weighted by molar-refractivity contribution is 7.20. The van der Waals surface area contributed by atoms with Crippen LogP contribution in [0.2, 0.25) is 0 Å². The van der Waals surface area contributed by atoms with E-state index in [0.717, 1.165) is 28.6 Å². The highest BCUT2D eigenvalue weighted by Gasteiger charge is 2.52. The molecule has 0 fully saturated rings. The number of aromatic nitrogens is 1. The minimum atomic E-state index is -7.22. The molecule has 0 radical (unpaired) electrons. The average Bonchev–Trinajstić information content (AvgIpc) is 3.39. The molecule has 0 aliphatic carbocycles. The van der Waals surface area contributed by atoms with Crippen LogP contribution >= 0.6 is 0 Å². The first-order valence-electron chi connectivity index (χ1n) is 21.4. The first kappa shape index (κ1) is 55.2. The highest BCUT2D eigenvalue weighted by atomic mass is 19.2. The molecule has 0 spiro atoms. The van der Waals surface area contributed by atoms with Gasteiger partial charge < -0.3 is 4.74 Å². The van der Waals surface area contributed by atoms with Crippen molar-refractivity contribution in [1.82, 2.24) is 0 Å². The number of benzene rings is 6. The smallest absolute Gasteiger partial charge is 0.376 e. The molecule has 0 aliphatic heterocycles. The van der Waals surface area contributed by atoms with Crippen molar-refractivity contribution in [2.45, 2.75) is 52.0 Å². The van der Waals surface area contributed by atoms with Gasteiger partial charge in [0, 0.05) is 11.6 Å². The highest BCUT2D eigenvalue weighted by Crippen LogP contribution is 2.31. The maximum atomic E-state index is 15.4. The summed E-state index contributed by atoms with van der Waals surface area (Å²) < 4.78 is 302. The van der Waals surface area contributed by atoms with E-state index in [1.807, 2.05) is 59.3 Å². The van der Waals surface area contributed by atoms with Gasteiger partial charge in [0.05, 0.1) is 12.0 Å². The number of hydrogen-bond acceptors (Lipinski definition) is 2. The van der Waals surface area contributed by atoms with Gasteiger partial charge in [0.25, 0.3) is 0 Å². The second-order valence-electron chi connectivity index (χ2n) is 16.0. The van der Waals surface area contributed by atoms with E-state index in [0.29, 0.717) is 6.61 Å². The Hall–Kier alpha value is -7.14. The number of hydrogen-bond donors (Lipinski definition) is 0. The van der Waals surface area contributed by atoms with Crippen LogP contribution in [0, 0.1) is 116 Å². The monoisotopic (exact) mass is 1060 g/mol. The minimum Gasteiger partial charge on any atom is -0.444 e. The number of rotatable bonds is 15. The number of carbonyl (C=O) groups is 1. The largest absolute Gasteiger partial charge is 0.444 e. The summed E-state index contributed by atoms with van der Waals surface area (Å²) >= 11 is 0. The standard InChI is InChI=1S/C25H30NO2.C24BF20/c1-2-3-4-5-6-12-19-28-25-23-16-11-10-13-21(23)17-18-26(25)20-24(27)22-14-8-7-9-15-22;26-5-1(6(27)14(35)21(42)13(5)34)25(2-7(28)15(36)22(43)16(37)8(2)29,3-9(30)17(38)23(44)18(39)10(3)31)4-11(32)19(40)24(45)20(41)12(4)33/h7-11,13-18H,2-6,12,19-20H2,1H3;/q+1;-1. The van der Waals surface area contributed by atoms with E-state index in [9.17, 15) is 57.5 Å². The van der Waals surface area contributed by atoms with E-state index < -0.39 is 144 Å². The number of nitrogens with zero attached hydrogens (tertiary/aromatic N) is 1. The third-order valence-corrected chi connectivity index (χ3v) is 11.7. The van der Waals surface area contributed by atoms with Gasteiger partial charge in [-0.3, -0.25) is 4.79 Å². The number of carbonyl (C=O) groups excluding carboxylic acids is 1. The summed E-state index contributed by atoms with van der Waals surface area (Å²) in [6.45, 7) is 3.19. The molecular weight excluding hydrogens is 1030 g/mol. The fourth-order valence-electron chi connectivity index (χ4n) is 8.31. The molecule has 0 bridgehead atoms. The van der Waals surface area contributed by atoms with Crippen LogP contribution in [0.3, 0.4) is 0 Å². The number of halogens is 20. The molecule has 0 saturated heterocycles. The zero-order valence-corrected chi connectivity index (χ0v) is 36.9. The number of pyridine rings is 1. The first-order valence-corrected chi connectivity index (χ1v) is 21.4. The lowest BCUT2D eigenvalue weighted by atomic mass is 9.12. The molecule has 0 amide bonds. The van der Waals surface area contributed by atoms with E-state index >= 15 is 35.1 Å². The maximum Gasteiger partial charge on any atom is 0.376 e. The molecule has 3 nitrogen and oxygen atoms in total. The minimum absolute atomic E-state index is 0.0882. The zero-order chi connectivity index (χ0) is 54.0. The lowest BCUT2D eigenvalue weighted by Crippen LogP contribution is -2.81. The molecule has 0 unspecified atom stereocenters. The van der Waals surface area contributed by atoms with E-state index in [1.165, 1.54) is 32.1 Å². The fraction of sp³-hybridized carbons (Fsp3) is 0.184. The fourth-order valence-corrected chi connectivity index (χ4v) is 8.31. The summed E-state index contributed by atoms with van der Waals surface area (Å²) in [5.74, 6) is -70.5. The van der Waals surface area contributed by atoms with Crippen molar-refractivity contribution in [3.8, 4) is 5.88 Å². The van der Waals surface area contributed by atoms with Crippen molar-refractivity contribution >= 4 is 44.6 Å². The average molecular weight is 1060 g/mol. The van der Waals surface area contributed by atoms with Crippen molar-refractivity contribution in [3.63, 3.8) is 0 Å². The molecule has 6 aromatic carbocycles.